The van der Waals surface area contributed by atoms with Crippen molar-refractivity contribution in [3.8, 4) is 5.75 Å². The van der Waals surface area contributed by atoms with E-state index in [-0.39, 0.29) is 11.9 Å². The number of carbonyl (C=O) groups is 2. The van der Waals surface area contributed by atoms with Crippen LogP contribution < -0.4 is 10.5 Å². The molecule has 0 saturated carbocycles. The first-order valence-electron chi connectivity index (χ1n) is 8.51. The molecule has 2 rings (SSSR count). The first kappa shape index (κ1) is 19.7. The van der Waals surface area contributed by atoms with Gasteiger partial charge in [-0.2, -0.15) is 0 Å². The second-order valence-electron chi connectivity index (χ2n) is 6.24. The molecule has 0 saturated heterocycles. The molecule has 8 nitrogen and oxygen atoms in total. The van der Waals surface area contributed by atoms with Gasteiger partial charge in [0, 0.05) is 33.2 Å². The number of carbonyl (C=O) groups excluding carboxylic acids is 2. The van der Waals surface area contributed by atoms with Gasteiger partial charge in [0.25, 0.3) is 0 Å². The molecule has 1 atom stereocenters. The lowest BCUT2D eigenvalue weighted by Crippen LogP contribution is -2.47. The summed E-state index contributed by atoms with van der Waals surface area (Å²) in [6.45, 7) is 0.945. The Labute approximate surface area is 153 Å². The maximum Gasteiger partial charge on any atom is 0.222 e. The minimum atomic E-state index is -0.772. The third-order valence-corrected chi connectivity index (χ3v) is 4.14. The maximum atomic E-state index is 11.5. The van der Waals surface area contributed by atoms with Crippen LogP contribution in [-0.4, -0.2) is 62.0 Å². The van der Waals surface area contributed by atoms with Gasteiger partial charge in [0.2, 0.25) is 5.91 Å². The third kappa shape index (κ3) is 4.95. The molecule has 0 fully saturated rings. The summed E-state index contributed by atoms with van der Waals surface area (Å²) in [4.78, 5) is 30.1. The molecule has 142 valence electrons. The Morgan fingerprint density at radius 1 is 1.42 bits per heavy atom. The molecule has 0 aromatic heterocycles. The predicted octanol–water partition coefficient (Wildman–Crippen LogP) is 1.26. The standard InChI is InChI=1S/C18H26N4O4/c1-21(2)16(24)6-4-5-9-26-14-7-8-15-13(10-14)11-22(18(19)20-15)17(12-23)25-3/h7-8,10,12,17H,4-6,9,11H2,1-3H3,(H2,19,20). The molecule has 0 aliphatic carbocycles. The average Bonchev–Trinajstić information content (AvgIpc) is 2.62. The number of nitrogens with zero attached hydrogens (tertiary/aromatic N) is 3. The molecule has 26 heavy (non-hydrogen) atoms. The predicted molar refractivity (Wildman–Crippen MR) is 98.2 cm³/mol. The summed E-state index contributed by atoms with van der Waals surface area (Å²) in [5, 5.41) is 0. The average molecular weight is 362 g/mol. The van der Waals surface area contributed by atoms with E-state index in [2.05, 4.69) is 4.99 Å². The van der Waals surface area contributed by atoms with Gasteiger partial charge in [-0.25, -0.2) is 4.99 Å². The maximum absolute atomic E-state index is 11.5. The van der Waals surface area contributed by atoms with E-state index in [0.29, 0.717) is 25.9 Å². The Balaban J connectivity index is 1.92. The van der Waals surface area contributed by atoms with Crippen LogP contribution in [0.1, 0.15) is 24.8 Å². The van der Waals surface area contributed by atoms with E-state index in [4.69, 9.17) is 15.2 Å². The van der Waals surface area contributed by atoms with Crippen LogP contribution in [0.2, 0.25) is 0 Å². The van der Waals surface area contributed by atoms with Crippen LogP contribution in [0.5, 0.6) is 5.75 Å². The lowest BCUT2D eigenvalue weighted by Gasteiger charge is -2.31. The van der Waals surface area contributed by atoms with E-state index in [1.165, 1.54) is 7.11 Å². The second kappa shape index (κ2) is 9.19. The van der Waals surface area contributed by atoms with Crippen LogP contribution in [0.3, 0.4) is 0 Å². The number of guanidine groups is 1. The molecule has 1 aromatic rings. The molecule has 1 heterocycles. The summed E-state index contributed by atoms with van der Waals surface area (Å²) in [5.41, 5.74) is 7.58. The van der Waals surface area contributed by atoms with Crippen molar-refractivity contribution >= 4 is 23.8 Å². The number of hydrogen-bond donors (Lipinski definition) is 1. The van der Waals surface area contributed by atoms with Gasteiger partial charge in [0.1, 0.15) is 5.75 Å². The van der Waals surface area contributed by atoms with Crippen molar-refractivity contribution in [3.05, 3.63) is 23.8 Å². The van der Waals surface area contributed by atoms with Gasteiger partial charge in [0.05, 0.1) is 18.8 Å². The minimum Gasteiger partial charge on any atom is -0.494 e. The van der Waals surface area contributed by atoms with Crippen LogP contribution in [0.15, 0.2) is 23.2 Å². The molecular formula is C18H26N4O4. The van der Waals surface area contributed by atoms with Crippen LogP contribution in [0, 0.1) is 0 Å². The van der Waals surface area contributed by atoms with Crippen LogP contribution in [-0.2, 0) is 20.9 Å². The topological polar surface area (TPSA) is 97.5 Å². The van der Waals surface area contributed by atoms with Gasteiger partial charge in [-0.05, 0) is 31.0 Å². The lowest BCUT2D eigenvalue weighted by atomic mass is 10.1. The zero-order valence-corrected chi connectivity index (χ0v) is 15.5. The Kier molecular flexibility index (Phi) is 6.97. The normalized spacial score (nSPS) is 14.3. The number of aliphatic imine (C=N–C) groups is 1. The Hall–Kier alpha value is -2.61. The van der Waals surface area contributed by atoms with E-state index in [1.54, 1.807) is 23.9 Å². The molecule has 8 heteroatoms. The smallest absolute Gasteiger partial charge is 0.222 e. The summed E-state index contributed by atoms with van der Waals surface area (Å²) in [7, 11) is 4.95. The minimum absolute atomic E-state index is 0.122. The Morgan fingerprint density at radius 3 is 2.85 bits per heavy atom. The van der Waals surface area contributed by atoms with E-state index in [9.17, 15) is 9.59 Å². The highest BCUT2D eigenvalue weighted by Crippen LogP contribution is 2.30. The summed E-state index contributed by atoms with van der Waals surface area (Å²) < 4.78 is 10.9. The number of benzene rings is 1. The van der Waals surface area contributed by atoms with Crippen molar-refractivity contribution in [2.75, 3.05) is 27.8 Å². The Morgan fingerprint density at radius 2 is 2.19 bits per heavy atom. The van der Waals surface area contributed by atoms with Gasteiger partial charge < -0.3 is 25.0 Å². The highest BCUT2D eigenvalue weighted by Gasteiger charge is 2.25. The van der Waals surface area contributed by atoms with Crippen molar-refractivity contribution in [2.24, 2.45) is 10.7 Å². The molecule has 1 aromatic carbocycles. The van der Waals surface area contributed by atoms with Gasteiger partial charge in [-0.15, -0.1) is 0 Å². The van der Waals surface area contributed by atoms with Crippen molar-refractivity contribution in [1.29, 1.82) is 0 Å². The van der Waals surface area contributed by atoms with Crippen molar-refractivity contribution in [3.63, 3.8) is 0 Å². The highest BCUT2D eigenvalue weighted by atomic mass is 16.5. The van der Waals surface area contributed by atoms with Crippen LogP contribution in [0.4, 0.5) is 5.69 Å². The molecule has 0 radical (unpaired) electrons. The van der Waals surface area contributed by atoms with Crippen LogP contribution in [0.25, 0.3) is 0 Å². The first-order chi connectivity index (χ1) is 12.5. The van der Waals surface area contributed by atoms with Crippen molar-refractivity contribution < 1.29 is 19.1 Å². The summed E-state index contributed by atoms with van der Waals surface area (Å²) in [6, 6.07) is 5.57. The number of hydrogen-bond acceptors (Lipinski definition) is 7. The van der Waals surface area contributed by atoms with E-state index in [0.717, 1.165) is 29.8 Å². The fourth-order valence-corrected chi connectivity index (χ4v) is 2.61. The van der Waals surface area contributed by atoms with Gasteiger partial charge in [-0.3, -0.25) is 9.59 Å². The second-order valence-corrected chi connectivity index (χ2v) is 6.24. The fourth-order valence-electron chi connectivity index (χ4n) is 2.61. The molecule has 0 spiro atoms. The monoisotopic (exact) mass is 362 g/mol. The van der Waals surface area contributed by atoms with Gasteiger partial charge in [-0.1, -0.05) is 0 Å². The number of ether oxygens (including phenoxy) is 2. The molecule has 1 amide bonds. The summed E-state index contributed by atoms with van der Waals surface area (Å²) >= 11 is 0. The van der Waals surface area contributed by atoms with Gasteiger partial charge in [0.15, 0.2) is 18.5 Å². The van der Waals surface area contributed by atoms with Gasteiger partial charge >= 0.3 is 0 Å². The number of nitrogens with two attached hydrogens (primary N) is 1. The SMILES string of the molecule is COC(C=O)N1Cc2cc(OCCCCC(=O)N(C)C)ccc2N=C1N. The number of aldehydes is 1. The molecule has 0 bridgehead atoms. The molecule has 1 unspecified atom stereocenters. The van der Waals surface area contributed by atoms with Crippen LogP contribution >= 0.6 is 0 Å². The number of unbranched alkanes of at least 4 members (excludes halogenated alkanes) is 1. The van der Waals surface area contributed by atoms with E-state index in [1.807, 2.05) is 18.2 Å². The largest absolute Gasteiger partial charge is 0.494 e. The van der Waals surface area contributed by atoms with Crippen molar-refractivity contribution in [1.82, 2.24) is 9.80 Å². The zero-order chi connectivity index (χ0) is 19.1. The quantitative estimate of drug-likeness (QED) is 0.525. The summed E-state index contributed by atoms with van der Waals surface area (Å²) in [5.74, 6) is 1.09. The molecule has 1 aliphatic heterocycles. The zero-order valence-electron chi connectivity index (χ0n) is 15.5. The summed E-state index contributed by atoms with van der Waals surface area (Å²) in [6.07, 6.45) is 2.01. The molecular weight excluding hydrogens is 336 g/mol. The number of fused-ring (bicyclic) bond motifs is 1. The van der Waals surface area contributed by atoms with Crippen molar-refractivity contribution in [2.45, 2.75) is 32.0 Å². The molecule has 1 aliphatic rings. The Bertz CT molecular complexity index is 675. The third-order valence-electron chi connectivity index (χ3n) is 4.14. The number of methoxy groups -OCH3 is 1. The highest BCUT2D eigenvalue weighted by molar-refractivity contribution is 5.85. The fraction of sp³-hybridized carbons (Fsp3) is 0.500. The number of amides is 1. The first-order valence-corrected chi connectivity index (χ1v) is 8.51. The van der Waals surface area contributed by atoms with E-state index >= 15 is 0 Å². The lowest BCUT2D eigenvalue weighted by molar-refractivity contribution is -0.128. The molecule has 2 N–H and O–H groups in total. The number of rotatable bonds is 9. The van der Waals surface area contributed by atoms with E-state index < -0.39 is 6.23 Å².